The Morgan fingerprint density at radius 3 is 2.83 bits per heavy atom. The fourth-order valence-electron chi connectivity index (χ4n) is 4.90. The minimum absolute atomic E-state index is 0.198. The van der Waals surface area contributed by atoms with Gasteiger partial charge in [0.2, 0.25) is 5.65 Å². The van der Waals surface area contributed by atoms with Gasteiger partial charge in [0.05, 0.1) is 0 Å². The lowest BCUT2D eigenvalue weighted by atomic mass is 9.85. The van der Waals surface area contributed by atoms with E-state index in [0.29, 0.717) is 17.4 Å². The molecule has 2 aromatic heterocycles. The first kappa shape index (κ1) is 19.1. The highest BCUT2D eigenvalue weighted by Gasteiger charge is 2.25. The van der Waals surface area contributed by atoms with E-state index in [1.54, 1.807) is 0 Å². The second-order valence-electron chi connectivity index (χ2n) is 8.07. The van der Waals surface area contributed by atoms with Crippen molar-refractivity contribution in [2.24, 2.45) is 0 Å². The third-order valence-corrected chi connectivity index (χ3v) is 6.66. The van der Waals surface area contributed by atoms with E-state index in [1.807, 2.05) is 18.2 Å². The van der Waals surface area contributed by atoms with Crippen molar-refractivity contribution in [3.8, 4) is 0 Å². The summed E-state index contributed by atoms with van der Waals surface area (Å²) in [5.74, 6) is 1.26. The van der Waals surface area contributed by atoms with Crippen molar-refractivity contribution in [1.29, 1.82) is 0 Å². The number of nitrogens with two attached hydrogens (primary N) is 1. The topological polar surface area (TPSA) is 80.5 Å². The highest BCUT2D eigenvalue weighted by Crippen LogP contribution is 2.41. The molecule has 0 bridgehead atoms. The lowest BCUT2D eigenvalue weighted by Gasteiger charge is -2.20. The van der Waals surface area contributed by atoms with Crippen LogP contribution in [0, 0.1) is 0 Å². The van der Waals surface area contributed by atoms with Crippen molar-refractivity contribution < 1.29 is 0 Å². The third kappa shape index (κ3) is 3.54. The molecule has 0 saturated heterocycles. The molecular weight excluding hydrogens is 394 g/mol. The number of nitrogens with one attached hydrogen (secondary N) is 1. The molecule has 0 radical (unpaired) electrons. The fourth-order valence-corrected chi connectivity index (χ4v) is 5.17. The second kappa shape index (κ2) is 8.07. The van der Waals surface area contributed by atoms with Crippen LogP contribution in [-0.2, 0) is 6.42 Å². The van der Waals surface area contributed by atoms with Crippen LogP contribution in [0.4, 0.5) is 5.82 Å². The molecule has 1 aliphatic carbocycles. The van der Waals surface area contributed by atoms with Gasteiger partial charge in [-0.25, -0.2) is 4.98 Å². The Balaban J connectivity index is 1.41. The minimum atomic E-state index is 0.198. The number of aromatic nitrogens is 4. The average molecular weight is 418 g/mol. The molecule has 2 atom stereocenters. The van der Waals surface area contributed by atoms with E-state index in [2.05, 4.69) is 56.8 Å². The second-order valence-corrected chi connectivity index (χ2v) is 8.48. The predicted molar refractivity (Wildman–Crippen MR) is 121 cm³/mol. The number of nitrogen functional groups attached to an aromatic ring is 1. The molecule has 2 aromatic carbocycles. The van der Waals surface area contributed by atoms with Gasteiger partial charge < -0.3 is 5.73 Å². The molecule has 0 fully saturated rings. The summed E-state index contributed by atoms with van der Waals surface area (Å²) in [7, 11) is 0. The molecule has 0 spiro atoms. The van der Waals surface area contributed by atoms with Crippen molar-refractivity contribution in [1.82, 2.24) is 20.4 Å². The molecule has 0 aliphatic heterocycles. The summed E-state index contributed by atoms with van der Waals surface area (Å²) in [6, 6.07) is 18.9. The Hall–Kier alpha value is -2.92. The zero-order valence-electron chi connectivity index (χ0n) is 16.7. The Labute approximate surface area is 180 Å². The standard InChI is InChI=1S/C24H24ClN5/c25-21-11-5-10-17-16(12-13-19(17)21)8-4-9-18(15-6-2-1-3-7-15)20-14-22(26)27-24-23(20)28-30-29-24/h1-3,5-7,10-11,14,16,18H,4,8-9,12-13H2,(H3,26,27,28,29,30)/t16-,18?/m1/s1. The largest absolute Gasteiger partial charge is 0.384 e. The van der Waals surface area contributed by atoms with E-state index < -0.39 is 0 Å². The lowest BCUT2D eigenvalue weighted by Crippen LogP contribution is -2.06. The van der Waals surface area contributed by atoms with Gasteiger partial charge in [-0.15, -0.1) is 5.10 Å². The van der Waals surface area contributed by atoms with E-state index in [4.69, 9.17) is 17.3 Å². The summed E-state index contributed by atoms with van der Waals surface area (Å²) < 4.78 is 0. The van der Waals surface area contributed by atoms with Crippen molar-refractivity contribution in [3.05, 3.63) is 81.9 Å². The maximum Gasteiger partial charge on any atom is 0.203 e. The molecule has 2 heterocycles. The van der Waals surface area contributed by atoms with E-state index in [0.717, 1.165) is 41.8 Å². The van der Waals surface area contributed by atoms with Gasteiger partial charge in [-0.1, -0.05) is 60.5 Å². The highest BCUT2D eigenvalue weighted by atomic mass is 35.5. The number of rotatable bonds is 6. The number of anilines is 1. The minimum Gasteiger partial charge on any atom is -0.384 e. The van der Waals surface area contributed by atoms with Gasteiger partial charge >= 0.3 is 0 Å². The van der Waals surface area contributed by atoms with Gasteiger partial charge in [0, 0.05) is 10.9 Å². The smallest absolute Gasteiger partial charge is 0.203 e. The predicted octanol–water partition coefficient (Wildman–Crippen LogP) is 5.62. The van der Waals surface area contributed by atoms with E-state index in [-0.39, 0.29) is 5.92 Å². The molecular formula is C24H24ClN5. The summed E-state index contributed by atoms with van der Waals surface area (Å²) in [5, 5.41) is 12.1. The van der Waals surface area contributed by atoms with E-state index in [9.17, 15) is 0 Å². The number of aromatic amines is 1. The van der Waals surface area contributed by atoms with Crippen molar-refractivity contribution in [2.75, 3.05) is 5.73 Å². The molecule has 1 aliphatic rings. The molecule has 0 saturated carbocycles. The highest BCUT2D eigenvalue weighted by molar-refractivity contribution is 6.31. The number of halogens is 1. The normalized spacial score (nSPS) is 16.6. The van der Waals surface area contributed by atoms with Crippen molar-refractivity contribution >= 4 is 28.6 Å². The number of pyridine rings is 1. The third-order valence-electron chi connectivity index (χ3n) is 6.30. The summed E-state index contributed by atoms with van der Waals surface area (Å²) >= 11 is 6.41. The number of nitrogens with zero attached hydrogens (tertiary/aromatic N) is 3. The monoisotopic (exact) mass is 417 g/mol. The molecule has 5 rings (SSSR count). The van der Waals surface area contributed by atoms with E-state index in [1.165, 1.54) is 23.1 Å². The number of hydrogen-bond donors (Lipinski definition) is 2. The Bertz CT molecular complexity index is 1170. The lowest BCUT2D eigenvalue weighted by molar-refractivity contribution is 0.547. The summed E-state index contributed by atoms with van der Waals surface area (Å²) in [5.41, 5.74) is 12.6. The molecule has 152 valence electrons. The maximum atomic E-state index is 6.41. The molecule has 30 heavy (non-hydrogen) atoms. The number of benzene rings is 2. The fraction of sp³-hybridized carbons (Fsp3) is 0.292. The quantitative estimate of drug-likeness (QED) is 0.426. The first-order valence-corrected chi connectivity index (χ1v) is 10.9. The van der Waals surface area contributed by atoms with Crippen LogP contribution in [0.15, 0.2) is 54.6 Å². The van der Waals surface area contributed by atoms with Crippen molar-refractivity contribution in [2.45, 2.75) is 43.9 Å². The van der Waals surface area contributed by atoms with Crippen LogP contribution >= 0.6 is 11.6 Å². The van der Waals surface area contributed by atoms with Gasteiger partial charge in [0.15, 0.2) is 0 Å². The van der Waals surface area contributed by atoms with Crippen LogP contribution in [0.25, 0.3) is 11.2 Å². The van der Waals surface area contributed by atoms with Crippen LogP contribution in [0.1, 0.15) is 59.8 Å². The molecule has 5 nitrogen and oxygen atoms in total. The number of fused-ring (bicyclic) bond motifs is 2. The van der Waals surface area contributed by atoms with Crippen LogP contribution in [0.3, 0.4) is 0 Å². The SMILES string of the molecule is Nc1cc(C(CCC[C@@H]2CCc3c(Cl)cccc32)c2ccccc2)c2n[nH]nc2n1. The van der Waals surface area contributed by atoms with Gasteiger partial charge in [0.1, 0.15) is 11.3 Å². The molecule has 0 amide bonds. The number of H-pyrrole nitrogens is 1. The average Bonchev–Trinajstić information content (AvgIpc) is 3.39. The zero-order valence-corrected chi connectivity index (χ0v) is 17.4. The molecule has 6 heteroatoms. The Kier molecular flexibility index (Phi) is 5.13. The van der Waals surface area contributed by atoms with Crippen LogP contribution in [0.2, 0.25) is 5.02 Å². The van der Waals surface area contributed by atoms with Gasteiger partial charge in [-0.3, -0.25) is 0 Å². The van der Waals surface area contributed by atoms with Gasteiger partial charge in [-0.05, 0) is 66.0 Å². The Morgan fingerprint density at radius 2 is 1.97 bits per heavy atom. The summed E-state index contributed by atoms with van der Waals surface area (Å²) in [6.07, 6.45) is 5.55. The summed E-state index contributed by atoms with van der Waals surface area (Å²) in [4.78, 5) is 4.31. The van der Waals surface area contributed by atoms with Crippen molar-refractivity contribution in [3.63, 3.8) is 0 Å². The van der Waals surface area contributed by atoms with E-state index >= 15 is 0 Å². The van der Waals surface area contributed by atoms with Crippen LogP contribution in [0.5, 0.6) is 0 Å². The molecule has 3 N–H and O–H groups in total. The molecule has 4 aromatic rings. The zero-order chi connectivity index (χ0) is 20.5. The van der Waals surface area contributed by atoms with Crippen LogP contribution < -0.4 is 5.73 Å². The maximum absolute atomic E-state index is 6.41. The van der Waals surface area contributed by atoms with Gasteiger partial charge in [-0.2, -0.15) is 10.3 Å². The number of hydrogen-bond acceptors (Lipinski definition) is 4. The first-order valence-electron chi connectivity index (χ1n) is 10.5. The Morgan fingerprint density at radius 1 is 1.10 bits per heavy atom. The van der Waals surface area contributed by atoms with Crippen LogP contribution in [-0.4, -0.2) is 20.4 Å². The van der Waals surface area contributed by atoms with Gasteiger partial charge in [0.25, 0.3) is 0 Å². The summed E-state index contributed by atoms with van der Waals surface area (Å²) in [6.45, 7) is 0. The molecule has 1 unspecified atom stereocenters. The first-order chi connectivity index (χ1) is 14.7.